The Morgan fingerprint density at radius 2 is 1.59 bits per heavy atom. The average molecular weight is 305 g/mol. The van der Waals surface area contributed by atoms with Crippen LogP contribution in [-0.2, 0) is 14.4 Å². The van der Waals surface area contributed by atoms with Crippen LogP contribution in [0.2, 0.25) is 0 Å². The quantitative estimate of drug-likeness (QED) is 0.668. The summed E-state index contributed by atoms with van der Waals surface area (Å²) >= 11 is 0. The second kappa shape index (κ2) is 8.81. The first-order valence-electron chi connectivity index (χ1n) is 7.37. The number of nitrogens with two attached hydrogens (primary N) is 1. The Balaban J connectivity index is 2.37. The van der Waals surface area contributed by atoms with Crippen molar-refractivity contribution in [3.8, 4) is 0 Å². The summed E-state index contributed by atoms with van der Waals surface area (Å²) < 4.78 is 0. The van der Waals surface area contributed by atoms with Gasteiger partial charge in [-0.15, -0.1) is 0 Å². The minimum absolute atomic E-state index is 0.0249. The van der Waals surface area contributed by atoms with Crippen LogP contribution in [-0.4, -0.2) is 23.8 Å². The molecule has 0 radical (unpaired) electrons. The van der Waals surface area contributed by atoms with Gasteiger partial charge in [0.2, 0.25) is 17.7 Å². The highest BCUT2D eigenvalue weighted by Crippen LogP contribution is 2.11. The first-order valence-corrected chi connectivity index (χ1v) is 7.37. The molecule has 4 N–H and O–H groups in total. The standard InChI is InChI=1S/C16H23N3O3/c1-3-13(16(17)22)19-15(21)10-9-14(20)18-11(2)12-7-5-4-6-8-12/h4-8,11,13H,3,9-10H2,1-2H3,(H2,17,22)(H,18,20)(H,19,21)/t11-,13-/m1/s1. The van der Waals surface area contributed by atoms with Crippen molar-refractivity contribution in [2.24, 2.45) is 5.73 Å². The van der Waals surface area contributed by atoms with Gasteiger partial charge < -0.3 is 16.4 Å². The predicted octanol–water partition coefficient (Wildman–Crippen LogP) is 1.02. The number of primary amides is 1. The number of hydrogen-bond donors (Lipinski definition) is 3. The molecule has 0 aromatic heterocycles. The third-order valence-corrected chi connectivity index (χ3v) is 3.34. The zero-order chi connectivity index (χ0) is 16.5. The van der Waals surface area contributed by atoms with Gasteiger partial charge in [0.05, 0.1) is 6.04 Å². The lowest BCUT2D eigenvalue weighted by molar-refractivity contribution is -0.129. The SMILES string of the molecule is CC[C@@H](NC(=O)CCC(=O)N[C@H](C)c1ccccc1)C(N)=O. The Morgan fingerprint density at radius 3 is 2.09 bits per heavy atom. The highest BCUT2D eigenvalue weighted by molar-refractivity contribution is 5.88. The Morgan fingerprint density at radius 1 is 1.05 bits per heavy atom. The van der Waals surface area contributed by atoms with E-state index >= 15 is 0 Å². The molecule has 1 aromatic carbocycles. The highest BCUT2D eigenvalue weighted by Gasteiger charge is 2.16. The Kier molecular flexibility index (Phi) is 7.08. The van der Waals surface area contributed by atoms with Crippen molar-refractivity contribution < 1.29 is 14.4 Å². The average Bonchev–Trinajstić information content (AvgIpc) is 2.51. The lowest BCUT2D eigenvalue weighted by Gasteiger charge is -2.15. The number of carbonyl (C=O) groups excluding carboxylic acids is 3. The van der Waals surface area contributed by atoms with E-state index in [-0.39, 0.29) is 30.7 Å². The van der Waals surface area contributed by atoms with Crippen molar-refractivity contribution in [2.75, 3.05) is 0 Å². The topological polar surface area (TPSA) is 101 Å². The number of nitrogens with one attached hydrogen (secondary N) is 2. The van der Waals surface area contributed by atoms with E-state index in [2.05, 4.69) is 10.6 Å². The Hall–Kier alpha value is -2.37. The van der Waals surface area contributed by atoms with Crippen molar-refractivity contribution in [2.45, 2.75) is 45.2 Å². The maximum atomic E-state index is 11.8. The molecule has 1 rings (SSSR count). The molecule has 120 valence electrons. The fourth-order valence-corrected chi connectivity index (χ4v) is 2.01. The fraction of sp³-hybridized carbons (Fsp3) is 0.438. The summed E-state index contributed by atoms with van der Waals surface area (Å²) in [6.45, 7) is 3.64. The maximum Gasteiger partial charge on any atom is 0.239 e. The van der Waals surface area contributed by atoms with Crippen LogP contribution in [0, 0.1) is 0 Å². The van der Waals surface area contributed by atoms with Gasteiger partial charge in [0, 0.05) is 12.8 Å². The van der Waals surface area contributed by atoms with E-state index in [1.807, 2.05) is 37.3 Å². The van der Waals surface area contributed by atoms with Crippen LogP contribution in [0.3, 0.4) is 0 Å². The molecule has 0 bridgehead atoms. The molecule has 6 heteroatoms. The van der Waals surface area contributed by atoms with Gasteiger partial charge in [0.15, 0.2) is 0 Å². The minimum atomic E-state index is -0.682. The Bertz CT molecular complexity index is 517. The largest absolute Gasteiger partial charge is 0.368 e. The molecule has 0 aliphatic rings. The first kappa shape index (κ1) is 17.7. The summed E-state index contributed by atoms with van der Waals surface area (Å²) in [6.07, 6.45) is 0.521. The molecule has 6 nitrogen and oxygen atoms in total. The number of rotatable bonds is 8. The summed E-state index contributed by atoms with van der Waals surface area (Å²) in [6, 6.07) is 8.77. The molecular formula is C16H23N3O3. The van der Waals surface area contributed by atoms with Gasteiger partial charge in [-0.2, -0.15) is 0 Å². The van der Waals surface area contributed by atoms with E-state index in [9.17, 15) is 14.4 Å². The van der Waals surface area contributed by atoms with Gasteiger partial charge in [0.25, 0.3) is 0 Å². The van der Waals surface area contributed by atoms with Crippen LogP contribution in [0.25, 0.3) is 0 Å². The second-order valence-electron chi connectivity index (χ2n) is 5.13. The summed E-state index contributed by atoms with van der Waals surface area (Å²) in [7, 11) is 0. The number of amides is 3. The van der Waals surface area contributed by atoms with Crippen LogP contribution in [0.1, 0.15) is 44.7 Å². The van der Waals surface area contributed by atoms with Crippen LogP contribution >= 0.6 is 0 Å². The van der Waals surface area contributed by atoms with Crippen molar-refractivity contribution >= 4 is 17.7 Å². The van der Waals surface area contributed by atoms with Gasteiger partial charge in [-0.25, -0.2) is 0 Å². The fourth-order valence-electron chi connectivity index (χ4n) is 2.01. The lowest BCUT2D eigenvalue weighted by Crippen LogP contribution is -2.44. The number of hydrogen-bond acceptors (Lipinski definition) is 3. The molecule has 0 unspecified atom stereocenters. The van der Waals surface area contributed by atoms with Gasteiger partial charge in [-0.3, -0.25) is 14.4 Å². The van der Waals surface area contributed by atoms with Gasteiger partial charge in [0.1, 0.15) is 6.04 Å². The summed E-state index contributed by atoms with van der Waals surface area (Å²) in [5.74, 6) is -1.13. The van der Waals surface area contributed by atoms with E-state index in [1.54, 1.807) is 6.92 Å². The van der Waals surface area contributed by atoms with Crippen molar-refractivity contribution in [3.05, 3.63) is 35.9 Å². The van der Waals surface area contributed by atoms with Crippen LogP contribution in [0.5, 0.6) is 0 Å². The molecule has 0 saturated heterocycles. The number of carbonyl (C=O) groups is 3. The molecule has 1 aromatic rings. The van der Waals surface area contributed by atoms with Gasteiger partial charge in [-0.1, -0.05) is 37.3 Å². The molecular weight excluding hydrogens is 282 g/mol. The van der Waals surface area contributed by atoms with Crippen LogP contribution in [0.4, 0.5) is 0 Å². The molecule has 0 saturated carbocycles. The lowest BCUT2D eigenvalue weighted by atomic mass is 10.1. The summed E-state index contributed by atoms with van der Waals surface area (Å²) in [4.78, 5) is 34.6. The van der Waals surface area contributed by atoms with Crippen molar-refractivity contribution in [3.63, 3.8) is 0 Å². The van der Waals surface area contributed by atoms with Crippen LogP contribution in [0.15, 0.2) is 30.3 Å². The molecule has 0 aliphatic heterocycles. The normalized spacial score (nSPS) is 13.0. The summed E-state index contributed by atoms with van der Waals surface area (Å²) in [5.41, 5.74) is 6.15. The monoisotopic (exact) mass is 305 g/mol. The van der Waals surface area contributed by atoms with E-state index < -0.39 is 11.9 Å². The molecule has 0 heterocycles. The zero-order valence-corrected chi connectivity index (χ0v) is 13.0. The highest BCUT2D eigenvalue weighted by atomic mass is 16.2. The Labute approximate surface area is 130 Å². The molecule has 22 heavy (non-hydrogen) atoms. The molecule has 0 spiro atoms. The minimum Gasteiger partial charge on any atom is -0.368 e. The zero-order valence-electron chi connectivity index (χ0n) is 13.0. The third-order valence-electron chi connectivity index (χ3n) is 3.34. The molecule has 3 amide bonds. The molecule has 2 atom stereocenters. The third kappa shape index (κ3) is 5.95. The summed E-state index contributed by atoms with van der Waals surface area (Å²) in [5, 5.41) is 5.34. The predicted molar refractivity (Wildman–Crippen MR) is 83.6 cm³/mol. The van der Waals surface area contributed by atoms with Gasteiger partial charge >= 0.3 is 0 Å². The number of benzene rings is 1. The second-order valence-corrected chi connectivity index (χ2v) is 5.13. The van der Waals surface area contributed by atoms with Crippen LogP contribution < -0.4 is 16.4 Å². The van der Waals surface area contributed by atoms with E-state index in [0.717, 1.165) is 5.56 Å². The van der Waals surface area contributed by atoms with E-state index in [1.165, 1.54) is 0 Å². The van der Waals surface area contributed by atoms with Crippen molar-refractivity contribution in [1.82, 2.24) is 10.6 Å². The van der Waals surface area contributed by atoms with E-state index in [0.29, 0.717) is 6.42 Å². The van der Waals surface area contributed by atoms with Gasteiger partial charge in [-0.05, 0) is 18.9 Å². The maximum absolute atomic E-state index is 11.8. The first-order chi connectivity index (χ1) is 10.4. The van der Waals surface area contributed by atoms with E-state index in [4.69, 9.17) is 5.73 Å². The molecule has 0 aliphatic carbocycles. The van der Waals surface area contributed by atoms with Crippen molar-refractivity contribution in [1.29, 1.82) is 0 Å². The smallest absolute Gasteiger partial charge is 0.239 e. The molecule has 0 fully saturated rings.